The lowest BCUT2D eigenvalue weighted by Gasteiger charge is -2.28. The second-order valence-corrected chi connectivity index (χ2v) is 9.34. The van der Waals surface area contributed by atoms with Gasteiger partial charge in [-0.3, -0.25) is 9.52 Å². The van der Waals surface area contributed by atoms with Crippen molar-refractivity contribution >= 4 is 27.3 Å². The van der Waals surface area contributed by atoms with Gasteiger partial charge in [-0.2, -0.15) is 0 Å². The Morgan fingerprint density at radius 2 is 1.93 bits per heavy atom. The number of piperidine rings is 1. The van der Waals surface area contributed by atoms with Gasteiger partial charge in [0.25, 0.3) is 0 Å². The maximum atomic E-state index is 12.5. The van der Waals surface area contributed by atoms with Crippen LogP contribution in [0.25, 0.3) is 0 Å². The van der Waals surface area contributed by atoms with Gasteiger partial charge in [0.15, 0.2) is 0 Å². The lowest BCUT2D eigenvalue weighted by atomic mass is 10.1. The summed E-state index contributed by atoms with van der Waals surface area (Å²) in [7, 11) is -3.75. The predicted octanol–water partition coefficient (Wildman–Crippen LogP) is 2.30. The minimum absolute atomic E-state index is 0.293. The van der Waals surface area contributed by atoms with E-state index in [0.29, 0.717) is 37.9 Å². The minimum atomic E-state index is -3.75. The van der Waals surface area contributed by atoms with Crippen molar-refractivity contribution in [2.24, 2.45) is 5.92 Å². The Morgan fingerprint density at radius 3 is 2.54 bits per heavy atom. The van der Waals surface area contributed by atoms with Crippen LogP contribution < -0.4 is 9.62 Å². The highest BCUT2D eigenvalue weighted by Crippen LogP contribution is 2.22. The monoisotopic (exact) mass is 409 g/mol. The number of hydrogen-bond acceptors (Lipinski definition) is 5. The summed E-state index contributed by atoms with van der Waals surface area (Å²) in [5.74, 6) is -0.615. The van der Waals surface area contributed by atoms with Gasteiger partial charge >= 0.3 is 0 Å². The standard InChI is InChI=1S/C20H31N3O4S/c1-2-22(14-17-10-13-27-15-17)20(24)16-28(25,26)21-18-6-8-19(9-7-18)23-11-4-3-5-12-23/h6-9,17,21H,2-5,10-16H2,1H3. The first kappa shape index (κ1) is 20.9. The van der Waals surface area contributed by atoms with Crippen LogP contribution in [0.4, 0.5) is 11.4 Å². The molecule has 2 fully saturated rings. The summed E-state index contributed by atoms with van der Waals surface area (Å²) in [6.45, 7) is 6.34. The fourth-order valence-corrected chi connectivity index (χ4v) is 4.88. The van der Waals surface area contributed by atoms with Gasteiger partial charge in [-0.1, -0.05) is 0 Å². The molecule has 8 heteroatoms. The fraction of sp³-hybridized carbons (Fsp3) is 0.650. The number of nitrogens with one attached hydrogen (secondary N) is 1. The van der Waals surface area contributed by atoms with Crippen molar-refractivity contribution in [3.8, 4) is 0 Å². The van der Waals surface area contributed by atoms with Crippen molar-refractivity contribution in [2.45, 2.75) is 32.6 Å². The number of carbonyl (C=O) groups is 1. The molecular weight excluding hydrogens is 378 g/mol. The first-order valence-corrected chi connectivity index (χ1v) is 11.8. The van der Waals surface area contributed by atoms with Crippen LogP contribution >= 0.6 is 0 Å². The third-order valence-electron chi connectivity index (χ3n) is 5.41. The van der Waals surface area contributed by atoms with Crippen molar-refractivity contribution in [1.29, 1.82) is 0 Å². The van der Waals surface area contributed by atoms with Crippen LogP contribution in [0.5, 0.6) is 0 Å². The number of hydrogen-bond donors (Lipinski definition) is 1. The quantitative estimate of drug-likeness (QED) is 0.713. The van der Waals surface area contributed by atoms with Crippen LogP contribution in [0.15, 0.2) is 24.3 Å². The molecule has 0 radical (unpaired) electrons. The van der Waals surface area contributed by atoms with Gasteiger partial charge in [0.05, 0.1) is 6.61 Å². The Bertz CT molecular complexity index is 739. The van der Waals surface area contributed by atoms with Gasteiger partial charge in [-0.05, 0) is 56.9 Å². The first-order valence-electron chi connectivity index (χ1n) is 10.2. The molecule has 1 aromatic carbocycles. The molecule has 2 saturated heterocycles. The largest absolute Gasteiger partial charge is 0.381 e. The number of sulfonamides is 1. The Morgan fingerprint density at radius 1 is 1.21 bits per heavy atom. The van der Waals surface area contributed by atoms with Crippen LogP contribution in [0, 0.1) is 5.92 Å². The molecule has 0 saturated carbocycles. The van der Waals surface area contributed by atoms with Crippen LogP contribution in [0.3, 0.4) is 0 Å². The topological polar surface area (TPSA) is 78.9 Å². The lowest BCUT2D eigenvalue weighted by Crippen LogP contribution is -2.40. The smallest absolute Gasteiger partial charge is 0.241 e. The number of benzene rings is 1. The van der Waals surface area contributed by atoms with Crippen molar-refractivity contribution < 1.29 is 17.9 Å². The fourth-order valence-electron chi connectivity index (χ4n) is 3.81. The summed E-state index contributed by atoms with van der Waals surface area (Å²) in [6.07, 6.45) is 4.57. The molecule has 3 rings (SSSR count). The molecule has 0 aliphatic carbocycles. The predicted molar refractivity (Wildman–Crippen MR) is 111 cm³/mol. The Hall–Kier alpha value is -1.80. The molecule has 0 bridgehead atoms. The molecule has 7 nitrogen and oxygen atoms in total. The number of nitrogens with zero attached hydrogens (tertiary/aromatic N) is 2. The molecule has 1 aromatic rings. The number of rotatable bonds is 8. The molecule has 2 aliphatic rings. The third kappa shape index (κ3) is 5.85. The van der Waals surface area contributed by atoms with Gasteiger partial charge in [0.2, 0.25) is 15.9 Å². The summed E-state index contributed by atoms with van der Waals surface area (Å²) < 4.78 is 32.8. The second kappa shape index (κ2) is 9.60. The lowest BCUT2D eigenvalue weighted by molar-refractivity contribution is -0.128. The summed E-state index contributed by atoms with van der Waals surface area (Å²) in [6, 6.07) is 7.39. The van der Waals surface area contributed by atoms with Gasteiger partial charge in [-0.15, -0.1) is 0 Å². The van der Waals surface area contributed by atoms with E-state index in [2.05, 4.69) is 9.62 Å². The maximum Gasteiger partial charge on any atom is 0.241 e. The van der Waals surface area contributed by atoms with E-state index in [9.17, 15) is 13.2 Å². The zero-order valence-corrected chi connectivity index (χ0v) is 17.4. The highest BCUT2D eigenvalue weighted by molar-refractivity contribution is 7.93. The van der Waals surface area contributed by atoms with E-state index < -0.39 is 15.8 Å². The van der Waals surface area contributed by atoms with Gasteiger partial charge in [-0.25, -0.2) is 8.42 Å². The molecule has 0 aromatic heterocycles. The van der Waals surface area contributed by atoms with Crippen molar-refractivity contribution in [1.82, 2.24) is 4.90 Å². The summed E-state index contributed by atoms with van der Waals surface area (Å²) in [5, 5.41) is 0. The SMILES string of the molecule is CCN(CC1CCOC1)C(=O)CS(=O)(=O)Nc1ccc(N2CCCCC2)cc1. The molecule has 156 valence electrons. The summed E-state index contributed by atoms with van der Waals surface area (Å²) >= 11 is 0. The van der Waals surface area contributed by atoms with Crippen LogP contribution in [0.2, 0.25) is 0 Å². The molecule has 1 atom stereocenters. The van der Waals surface area contributed by atoms with E-state index in [1.165, 1.54) is 19.3 Å². The Kier molecular flexibility index (Phi) is 7.18. The average Bonchev–Trinajstić information content (AvgIpc) is 3.20. The highest BCUT2D eigenvalue weighted by atomic mass is 32.2. The Balaban J connectivity index is 1.55. The van der Waals surface area contributed by atoms with Crippen molar-refractivity contribution in [3.63, 3.8) is 0 Å². The van der Waals surface area contributed by atoms with Crippen LogP contribution in [-0.2, 0) is 19.6 Å². The van der Waals surface area contributed by atoms with E-state index in [1.54, 1.807) is 17.0 Å². The second-order valence-electron chi connectivity index (χ2n) is 7.62. The molecule has 2 heterocycles. The number of amides is 1. The summed E-state index contributed by atoms with van der Waals surface area (Å²) in [5.41, 5.74) is 1.59. The highest BCUT2D eigenvalue weighted by Gasteiger charge is 2.25. The maximum absolute atomic E-state index is 12.5. The molecule has 1 amide bonds. The molecule has 0 spiro atoms. The van der Waals surface area contributed by atoms with E-state index in [1.807, 2.05) is 19.1 Å². The van der Waals surface area contributed by atoms with Gasteiger partial charge in [0, 0.05) is 50.1 Å². The molecule has 1 N–H and O–H groups in total. The van der Waals surface area contributed by atoms with Gasteiger partial charge in [0.1, 0.15) is 5.75 Å². The van der Waals surface area contributed by atoms with E-state index >= 15 is 0 Å². The molecule has 2 aliphatic heterocycles. The number of ether oxygens (including phenoxy) is 1. The minimum Gasteiger partial charge on any atom is -0.381 e. The average molecular weight is 410 g/mol. The number of anilines is 2. The molecular formula is C20H31N3O4S. The van der Waals surface area contributed by atoms with Crippen molar-refractivity contribution in [2.75, 3.05) is 54.8 Å². The normalized spacial score (nSPS) is 20.2. The van der Waals surface area contributed by atoms with Gasteiger partial charge < -0.3 is 14.5 Å². The van der Waals surface area contributed by atoms with E-state index in [0.717, 1.165) is 25.2 Å². The van der Waals surface area contributed by atoms with Crippen LogP contribution in [-0.4, -0.2) is 64.4 Å². The number of carbonyl (C=O) groups excluding carboxylic acids is 1. The zero-order valence-electron chi connectivity index (χ0n) is 16.6. The van der Waals surface area contributed by atoms with Crippen molar-refractivity contribution in [3.05, 3.63) is 24.3 Å². The summed E-state index contributed by atoms with van der Waals surface area (Å²) in [4.78, 5) is 16.4. The Labute approximate surface area is 168 Å². The van der Waals surface area contributed by atoms with Crippen LogP contribution in [0.1, 0.15) is 32.6 Å². The third-order valence-corrected chi connectivity index (χ3v) is 6.59. The zero-order chi connectivity index (χ0) is 20.0. The van der Waals surface area contributed by atoms with E-state index in [4.69, 9.17) is 4.74 Å². The first-order chi connectivity index (χ1) is 13.5. The van der Waals surface area contributed by atoms with E-state index in [-0.39, 0.29) is 5.91 Å². The molecule has 1 unspecified atom stereocenters. The molecule has 28 heavy (non-hydrogen) atoms.